The normalized spacial score (nSPS) is 10.0. The summed E-state index contributed by atoms with van der Waals surface area (Å²) in [6.45, 7) is 4.60. The molecule has 0 fully saturated rings. The molecule has 102 valence electrons. The van der Waals surface area contributed by atoms with Crippen molar-refractivity contribution in [2.45, 2.75) is 13.8 Å². The topological polar surface area (TPSA) is 40.5 Å². The summed E-state index contributed by atoms with van der Waals surface area (Å²) in [6, 6.07) is 5.01. The number of benzene rings is 1. The van der Waals surface area contributed by atoms with Gasteiger partial charge in [0.15, 0.2) is 0 Å². The number of hydrogen-bond acceptors (Lipinski definition) is 2. The maximum absolute atomic E-state index is 12.1. The molecule has 1 N–H and O–H groups in total. The van der Waals surface area contributed by atoms with Gasteiger partial charge in [-0.15, -0.1) is 0 Å². The Morgan fingerprint density at radius 2 is 2.16 bits per heavy atom. The van der Waals surface area contributed by atoms with E-state index in [1.807, 2.05) is 0 Å². The largest absolute Gasteiger partial charge is 0.384 e. The third kappa shape index (κ3) is 4.59. The highest BCUT2D eigenvalue weighted by molar-refractivity contribution is 6.32. The SMILES string of the molecule is CC(C)CN(C)C(=O)c1ccc(C#CCO)c(Cl)c1. The molecular weight excluding hydrogens is 262 g/mol. The Labute approximate surface area is 119 Å². The fraction of sp³-hybridized carbons (Fsp3) is 0.400. The van der Waals surface area contributed by atoms with Crippen molar-refractivity contribution < 1.29 is 9.90 Å². The highest BCUT2D eigenvalue weighted by atomic mass is 35.5. The maximum Gasteiger partial charge on any atom is 0.253 e. The van der Waals surface area contributed by atoms with E-state index in [1.54, 1.807) is 30.1 Å². The second-order valence-electron chi connectivity index (χ2n) is 4.73. The molecule has 3 nitrogen and oxygen atoms in total. The number of carbonyl (C=O) groups is 1. The van der Waals surface area contributed by atoms with Crippen molar-refractivity contribution in [1.82, 2.24) is 4.90 Å². The van der Waals surface area contributed by atoms with Gasteiger partial charge in [0, 0.05) is 24.7 Å². The van der Waals surface area contributed by atoms with Gasteiger partial charge in [-0.25, -0.2) is 0 Å². The first-order chi connectivity index (χ1) is 8.95. The molecule has 19 heavy (non-hydrogen) atoms. The van der Waals surface area contributed by atoms with Gasteiger partial charge in [0.25, 0.3) is 5.91 Å². The molecule has 0 bridgehead atoms. The molecule has 0 aromatic heterocycles. The van der Waals surface area contributed by atoms with Crippen molar-refractivity contribution in [3.05, 3.63) is 34.3 Å². The molecule has 1 amide bonds. The van der Waals surface area contributed by atoms with Crippen molar-refractivity contribution in [3.63, 3.8) is 0 Å². The highest BCUT2D eigenvalue weighted by Crippen LogP contribution is 2.18. The maximum atomic E-state index is 12.1. The van der Waals surface area contributed by atoms with E-state index in [1.165, 1.54) is 0 Å². The Morgan fingerprint density at radius 3 is 2.68 bits per heavy atom. The Morgan fingerprint density at radius 1 is 1.47 bits per heavy atom. The predicted molar refractivity (Wildman–Crippen MR) is 77.2 cm³/mol. The fourth-order valence-corrected chi connectivity index (χ4v) is 1.96. The summed E-state index contributed by atoms with van der Waals surface area (Å²) >= 11 is 6.06. The molecule has 0 saturated carbocycles. The molecule has 1 rings (SSSR count). The van der Waals surface area contributed by atoms with Crippen LogP contribution in [0.3, 0.4) is 0 Å². The van der Waals surface area contributed by atoms with Crippen LogP contribution in [0, 0.1) is 17.8 Å². The lowest BCUT2D eigenvalue weighted by Gasteiger charge is -2.19. The summed E-state index contributed by atoms with van der Waals surface area (Å²) < 4.78 is 0. The monoisotopic (exact) mass is 279 g/mol. The Hall–Kier alpha value is -1.50. The quantitative estimate of drug-likeness (QED) is 0.863. The molecule has 0 atom stereocenters. The van der Waals surface area contributed by atoms with Gasteiger partial charge in [-0.3, -0.25) is 4.79 Å². The van der Waals surface area contributed by atoms with E-state index in [0.29, 0.717) is 28.6 Å². The van der Waals surface area contributed by atoms with E-state index >= 15 is 0 Å². The first kappa shape index (κ1) is 15.6. The summed E-state index contributed by atoms with van der Waals surface area (Å²) in [5, 5.41) is 9.06. The predicted octanol–water partition coefficient (Wildman–Crippen LogP) is 2.41. The van der Waals surface area contributed by atoms with Crippen molar-refractivity contribution in [3.8, 4) is 11.8 Å². The summed E-state index contributed by atoms with van der Waals surface area (Å²) in [4.78, 5) is 13.8. The molecule has 0 heterocycles. The molecule has 4 heteroatoms. The van der Waals surface area contributed by atoms with Crippen molar-refractivity contribution >= 4 is 17.5 Å². The van der Waals surface area contributed by atoms with Crippen molar-refractivity contribution in [1.29, 1.82) is 0 Å². The summed E-state index contributed by atoms with van der Waals surface area (Å²) in [5.74, 6) is 5.62. The van der Waals surface area contributed by atoms with Gasteiger partial charge >= 0.3 is 0 Å². The van der Waals surface area contributed by atoms with Crippen LogP contribution in [0.15, 0.2) is 18.2 Å². The first-order valence-electron chi connectivity index (χ1n) is 6.10. The number of amides is 1. The number of rotatable bonds is 3. The van der Waals surface area contributed by atoms with E-state index < -0.39 is 0 Å². The second kappa shape index (κ2) is 7.18. The van der Waals surface area contributed by atoms with Gasteiger partial charge in [0.1, 0.15) is 6.61 Å². The smallest absolute Gasteiger partial charge is 0.253 e. The fourth-order valence-electron chi connectivity index (χ4n) is 1.74. The van der Waals surface area contributed by atoms with Crippen LogP contribution in [0.2, 0.25) is 5.02 Å². The highest BCUT2D eigenvalue weighted by Gasteiger charge is 2.13. The summed E-state index contributed by atoms with van der Waals surface area (Å²) in [6.07, 6.45) is 0. The van der Waals surface area contributed by atoms with Gasteiger partial charge in [-0.2, -0.15) is 0 Å². The number of carbonyl (C=O) groups excluding carboxylic acids is 1. The van der Waals surface area contributed by atoms with Crippen molar-refractivity contribution in [2.75, 3.05) is 20.2 Å². The Balaban J connectivity index is 2.91. The van der Waals surface area contributed by atoms with Gasteiger partial charge in [0.05, 0.1) is 5.02 Å². The van der Waals surface area contributed by atoms with E-state index in [9.17, 15) is 4.79 Å². The summed E-state index contributed by atoms with van der Waals surface area (Å²) in [7, 11) is 1.77. The zero-order valence-corrected chi connectivity index (χ0v) is 12.2. The van der Waals surface area contributed by atoms with E-state index in [4.69, 9.17) is 16.7 Å². The molecule has 1 aromatic rings. The van der Waals surface area contributed by atoms with Crippen LogP contribution in [0.5, 0.6) is 0 Å². The molecule has 0 aliphatic carbocycles. The van der Waals surface area contributed by atoms with Crippen LogP contribution >= 0.6 is 11.6 Å². The first-order valence-corrected chi connectivity index (χ1v) is 6.48. The van der Waals surface area contributed by atoms with E-state index in [2.05, 4.69) is 25.7 Å². The number of halogens is 1. The molecule has 0 saturated heterocycles. The number of aliphatic hydroxyl groups excluding tert-OH is 1. The molecule has 1 aromatic carbocycles. The van der Waals surface area contributed by atoms with Crippen LogP contribution < -0.4 is 0 Å². The molecule has 0 aliphatic heterocycles. The minimum absolute atomic E-state index is 0.0581. The lowest BCUT2D eigenvalue weighted by molar-refractivity contribution is 0.0779. The Bertz CT molecular complexity index is 515. The number of hydrogen-bond donors (Lipinski definition) is 1. The van der Waals surface area contributed by atoms with Gasteiger partial charge in [0.2, 0.25) is 0 Å². The second-order valence-corrected chi connectivity index (χ2v) is 5.14. The minimum Gasteiger partial charge on any atom is -0.384 e. The third-order valence-corrected chi connectivity index (χ3v) is 2.82. The van der Waals surface area contributed by atoms with Crippen LogP contribution in [0.25, 0.3) is 0 Å². The average molecular weight is 280 g/mol. The molecule has 0 aliphatic rings. The van der Waals surface area contributed by atoms with E-state index in [-0.39, 0.29) is 12.5 Å². The minimum atomic E-state index is -0.214. The lowest BCUT2D eigenvalue weighted by Crippen LogP contribution is -2.30. The van der Waals surface area contributed by atoms with Crippen LogP contribution in [-0.2, 0) is 0 Å². The van der Waals surface area contributed by atoms with Crippen LogP contribution in [0.1, 0.15) is 29.8 Å². The summed E-state index contributed by atoms with van der Waals surface area (Å²) in [5.41, 5.74) is 1.15. The van der Waals surface area contributed by atoms with Crippen molar-refractivity contribution in [2.24, 2.45) is 5.92 Å². The standard InChI is InChI=1S/C15H18ClNO2/c1-11(2)10-17(3)15(19)13-7-6-12(5-4-8-18)14(16)9-13/h6-7,9,11,18H,8,10H2,1-3H3. The number of nitrogens with zero attached hydrogens (tertiary/aromatic N) is 1. The molecule has 0 spiro atoms. The third-order valence-electron chi connectivity index (χ3n) is 2.50. The zero-order chi connectivity index (χ0) is 14.4. The lowest BCUT2D eigenvalue weighted by atomic mass is 10.1. The van der Waals surface area contributed by atoms with Gasteiger partial charge in [-0.1, -0.05) is 37.3 Å². The van der Waals surface area contributed by atoms with Gasteiger partial charge in [-0.05, 0) is 24.1 Å². The van der Waals surface area contributed by atoms with Crippen LogP contribution in [0.4, 0.5) is 0 Å². The molecular formula is C15H18ClNO2. The average Bonchev–Trinajstić information content (AvgIpc) is 2.35. The Kier molecular flexibility index (Phi) is 5.88. The zero-order valence-electron chi connectivity index (χ0n) is 11.4. The van der Waals surface area contributed by atoms with E-state index in [0.717, 1.165) is 0 Å². The van der Waals surface area contributed by atoms with Gasteiger partial charge < -0.3 is 10.0 Å². The number of aliphatic hydroxyl groups is 1. The molecule has 0 radical (unpaired) electrons. The molecule has 0 unspecified atom stereocenters. The van der Waals surface area contributed by atoms with Crippen LogP contribution in [-0.4, -0.2) is 36.1 Å².